The number of nitrogens with one attached hydrogen (secondary N) is 1. The third-order valence-corrected chi connectivity index (χ3v) is 9.05. The van der Waals surface area contributed by atoms with Crippen LogP contribution in [0.5, 0.6) is 0 Å². The Morgan fingerprint density at radius 1 is 0.605 bits per heavy atom. The minimum absolute atomic E-state index is 0.0959. The number of benzene rings is 2. The van der Waals surface area contributed by atoms with Crippen molar-refractivity contribution in [3.63, 3.8) is 0 Å². The highest BCUT2D eigenvalue weighted by Gasteiger charge is 2.26. The molecule has 0 radical (unpaired) electrons. The maximum absolute atomic E-state index is 12.1. The summed E-state index contributed by atoms with van der Waals surface area (Å²) in [5.41, 5.74) is 1.18. The third kappa shape index (κ3) is 10.5. The molecular weight excluding hydrogens is 551 g/mol. The molecule has 1 N–H and O–H groups in total. The maximum atomic E-state index is 12.1. The summed E-state index contributed by atoms with van der Waals surface area (Å²) in [5, 5.41) is 24.1. The molecule has 2 aromatic carbocycles. The van der Waals surface area contributed by atoms with E-state index in [1.807, 2.05) is 12.1 Å². The lowest BCUT2D eigenvalue weighted by Gasteiger charge is -2.41. The molecule has 11 heteroatoms. The second kappa shape index (κ2) is 17.2. The van der Waals surface area contributed by atoms with Crippen LogP contribution in [0.25, 0.3) is 0 Å². The van der Waals surface area contributed by atoms with E-state index in [0.29, 0.717) is 0 Å². The Morgan fingerprint density at radius 2 is 1.02 bits per heavy atom. The number of nitro benzene ring substituents is 2. The first-order valence-corrected chi connectivity index (χ1v) is 16.0. The zero-order chi connectivity index (χ0) is 30.4. The first-order valence-electron chi connectivity index (χ1n) is 16.0. The second-order valence-electron chi connectivity index (χ2n) is 11.9. The van der Waals surface area contributed by atoms with Crippen molar-refractivity contribution >= 4 is 17.1 Å². The fourth-order valence-corrected chi connectivity index (χ4v) is 6.58. The summed E-state index contributed by atoms with van der Waals surface area (Å²) in [7, 11) is 0. The predicted molar refractivity (Wildman–Crippen MR) is 168 cm³/mol. The van der Waals surface area contributed by atoms with Gasteiger partial charge in [-0.2, -0.15) is 0 Å². The summed E-state index contributed by atoms with van der Waals surface area (Å²) in [6.07, 6.45) is 13.6. The first kappa shape index (κ1) is 32.8. The quantitative estimate of drug-likeness (QED) is 0.330. The average molecular weight is 599 g/mol. The van der Waals surface area contributed by atoms with Crippen molar-refractivity contribution in [2.45, 2.75) is 76.3 Å². The van der Waals surface area contributed by atoms with Gasteiger partial charge in [0, 0.05) is 55.1 Å². The first-order chi connectivity index (χ1) is 20.9. The maximum Gasteiger partial charge on any atom is 0.269 e. The molecule has 0 saturated carbocycles. The van der Waals surface area contributed by atoms with Gasteiger partial charge in [0.1, 0.15) is 5.82 Å². The molecule has 4 heterocycles. The van der Waals surface area contributed by atoms with Crippen LogP contribution in [-0.2, 0) is 0 Å². The van der Waals surface area contributed by atoms with Crippen LogP contribution in [0.1, 0.15) is 64.2 Å². The van der Waals surface area contributed by atoms with E-state index in [1.165, 1.54) is 103 Å². The molecule has 4 fully saturated rings. The van der Waals surface area contributed by atoms with Gasteiger partial charge in [0.25, 0.3) is 11.4 Å². The van der Waals surface area contributed by atoms with Crippen molar-refractivity contribution in [3.05, 3.63) is 74.6 Å². The summed E-state index contributed by atoms with van der Waals surface area (Å²) >= 11 is 0. The largest absolute Gasteiger partial charge is 0.371 e. The monoisotopic (exact) mass is 598 g/mol. The molecule has 10 nitrogen and oxygen atoms in total. The summed E-state index contributed by atoms with van der Waals surface area (Å²) in [6.45, 7) is 9.85. The molecule has 6 rings (SSSR count). The number of hydrogen-bond acceptors (Lipinski definition) is 8. The average Bonchev–Trinajstić information content (AvgIpc) is 3.07. The van der Waals surface area contributed by atoms with Crippen LogP contribution in [0.3, 0.4) is 0 Å². The highest BCUT2D eigenvalue weighted by atomic mass is 19.1. The standard InChI is InChI=1S/C16H23N3O2.C10H20N2.C6H4FNO2/c20-19(21)16-6-4-14(5-7-16)18-12-8-15(9-13-18)17-10-2-1-3-11-17;1-2-8-12(9-3-1)10-4-6-11-7-5-10;7-5-1-3-6(4-2-5)8(9)10/h4-7,15H,1-3,8-13H2;10-11H,1-9H2;1-4H. The number of non-ortho nitro benzene ring substituents is 2. The third-order valence-electron chi connectivity index (χ3n) is 9.05. The summed E-state index contributed by atoms with van der Waals surface area (Å²) in [5.74, 6) is -0.467. The Labute approximate surface area is 254 Å². The van der Waals surface area contributed by atoms with Gasteiger partial charge in [0.15, 0.2) is 0 Å². The topological polar surface area (TPSA) is 108 Å². The fourth-order valence-electron chi connectivity index (χ4n) is 6.58. The minimum atomic E-state index is -0.570. The molecule has 4 saturated heterocycles. The number of piperidine rings is 4. The van der Waals surface area contributed by atoms with Crippen molar-refractivity contribution in [2.24, 2.45) is 0 Å². The van der Waals surface area contributed by atoms with Gasteiger partial charge in [0.2, 0.25) is 0 Å². The molecule has 236 valence electrons. The van der Waals surface area contributed by atoms with Gasteiger partial charge in [-0.25, -0.2) is 4.39 Å². The van der Waals surface area contributed by atoms with Crippen LogP contribution in [-0.4, -0.2) is 84.1 Å². The lowest BCUT2D eigenvalue weighted by atomic mass is 9.99. The molecular formula is C32H47FN6O4. The molecule has 2 aromatic rings. The number of halogens is 1. The Kier molecular flexibility index (Phi) is 13.1. The molecule has 0 aromatic heterocycles. The van der Waals surface area contributed by atoms with Crippen LogP contribution in [0.4, 0.5) is 21.5 Å². The van der Waals surface area contributed by atoms with E-state index < -0.39 is 10.7 Å². The highest BCUT2D eigenvalue weighted by molar-refractivity contribution is 5.51. The highest BCUT2D eigenvalue weighted by Crippen LogP contribution is 2.26. The lowest BCUT2D eigenvalue weighted by molar-refractivity contribution is -0.385. The van der Waals surface area contributed by atoms with E-state index in [-0.39, 0.29) is 16.3 Å². The van der Waals surface area contributed by atoms with E-state index >= 15 is 0 Å². The number of hydrogen-bond donors (Lipinski definition) is 1. The van der Waals surface area contributed by atoms with Gasteiger partial charge in [-0.05, 0) is 115 Å². The van der Waals surface area contributed by atoms with Gasteiger partial charge in [-0.15, -0.1) is 0 Å². The number of anilines is 1. The SMILES string of the molecule is C1CCN(C2CCNCC2)CC1.O=[N+]([O-])c1ccc(F)cc1.O=[N+]([O-])c1ccc(N2CCC(N3CCCCC3)CC2)cc1. The van der Waals surface area contributed by atoms with E-state index in [2.05, 4.69) is 20.0 Å². The van der Waals surface area contributed by atoms with Gasteiger partial charge in [-0.3, -0.25) is 20.2 Å². The Balaban J connectivity index is 0.000000163. The molecule has 0 aliphatic carbocycles. The molecule has 0 amide bonds. The summed E-state index contributed by atoms with van der Waals surface area (Å²) in [6, 6.07) is 12.9. The zero-order valence-electron chi connectivity index (χ0n) is 25.2. The lowest BCUT2D eigenvalue weighted by Crippen LogP contribution is -2.46. The Morgan fingerprint density at radius 3 is 1.47 bits per heavy atom. The normalized spacial score (nSPS) is 20.7. The van der Waals surface area contributed by atoms with Crippen LogP contribution in [0.15, 0.2) is 48.5 Å². The molecule has 0 bridgehead atoms. The van der Waals surface area contributed by atoms with Gasteiger partial charge in [-0.1, -0.05) is 12.8 Å². The van der Waals surface area contributed by atoms with Crippen LogP contribution in [0.2, 0.25) is 0 Å². The van der Waals surface area contributed by atoms with Crippen LogP contribution in [0, 0.1) is 26.0 Å². The predicted octanol–water partition coefficient (Wildman–Crippen LogP) is 6.01. The van der Waals surface area contributed by atoms with Crippen LogP contribution < -0.4 is 10.2 Å². The molecule has 43 heavy (non-hydrogen) atoms. The second-order valence-corrected chi connectivity index (χ2v) is 11.9. The Hall–Kier alpha value is -3.15. The van der Waals surface area contributed by atoms with Gasteiger partial charge >= 0.3 is 0 Å². The molecule has 0 atom stereocenters. The van der Waals surface area contributed by atoms with Crippen LogP contribution >= 0.6 is 0 Å². The van der Waals surface area contributed by atoms with Gasteiger partial charge < -0.3 is 20.0 Å². The van der Waals surface area contributed by atoms with Crippen molar-refractivity contribution in [1.29, 1.82) is 0 Å². The molecule has 0 spiro atoms. The van der Waals surface area contributed by atoms with E-state index in [9.17, 15) is 24.6 Å². The molecule has 4 aliphatic heterocycles. The van der Waals surface area contributed by atoms with E-state index in [1.54, 1.807) is 12.1 Å². The van der Waals surface area contributed by atoms with Gasteiger partial charge in [0.05, 0.1) is 9.85 Å². The van der Waals surface area contributed by atoms with Crippen molar-refractivity contribution in [3.8, 4) is 0 Å². The zero-order valence-corrected chi connectivity index (χ0v) is 25.2. The van der Waals surface area contributed by atoms with E-state index in [0.717, 1.165) is 55.1 Å². The van der Waals surface area contributed by atoms with E-state index in [4.69, 9.17) is 0 Å². The number of likely N-dealkylation sites (tertiary alicyclic amines) is 2. The minimum Gasteiger partial charge on any atom is -0.371 e. The number of rotatable bonds is 5. The molecule has 4 aliphatic rings. The summed E-state index contributed by atoms with van der Waals surface area (Å²) in [4.78, 5) is 27.5. The molecule has 0 unspecified atom stereocenters. The smallest absolute Gasteiger partial charge is 0.269 e. The van der Waals surface area contributed by atoms with Crippen molar-refractivity contribution < 1.29 is 14.2 Å². The number of nitrogens with zero attached hydrogens (tertiary/aromatic N) is 5. The number of nitro groups is 2. The fraction of sp³-hybridized carbons (Fsp3) is 0.625. The Bertz CT molecular complexity index is 1090. The summed E-state index contributed by atoms with van der Waals surface area (Å²) < 4.78 is 12.1. The van der Waals surface area contributed by atoms with Crippen molar-refractivity contribution in [2.75, 3.05) is 57.3 Å². The van der Waals surface area contributed by atoms with Crippen molar-refractivity contribution in [1.82, 2.24) is 15.1 Å².